The van der Waals surface area contributed by atoms with E-state index in [0.29, 0.717) is 0 Å². The fourth-order valence-corrected chi connectivity index (χ4v) is 2.37. The maximum Gasteiger partial charge on any atom is 0.0885 e. The minimum absolute atomic E-state index is 0.219. The van der Waals surface area contributed by atoms with Gasteiger partial charge >= 0.3 is 0 Å². The Morgan fingerprint density at radius 3 is 2.40 bits per heavy atom. The summed E-state index contributed by atoms with van der Waals surface area (Å²) >= 11 is 0. The van der Waals surface area contributed by atoms with Crippen molar-refractivity contribution in [3.8, 4) is 0 Å². The highest BCUT2D eigenvalue weighted by molar-refractivity contribution is 5.24. The molecule has 0 saturated heterocycles. The molecule has 0 amide bonds. The van der Waals surface area contributed by atoms with Crippen molar-refractivity contribution in [1.29, 1.82) is 0 Å². The lowest BCUT2D eigenvalue weighted by molar-refractivity contribution is 0.199. The summed E-state index contributed by atoms with van der Waals surface area (Å²) in [7, 11) is 0. The van der Waals surface area contributed by atoms with Gasteiger partial charge in [0.25, 0.3) is 0 Å². The van der Waals surface area contributed by atoms with Crippen LogP contribution in [-0.4, -0.2) is 18.3 Å². The summed E-state index contributed by atoms with van der Waals surface area (Å²) in [4.78, 5) is 0. The van der Waals surface area contributed by atoms with Crippen LogP contribution in [0.25, 0.3) is 0 Å². The van der Waals surface area contributed by atoms with E-state index in [2.05, 4.69) is 25.7 Å². The van der Waals surface area contributed by atoms with Crippen molar-refractivity contribution in [3.63, 3.8) is 0 Å². The van der Waals surface area contributed by atoms with Gasteiger partial charge < -0.3 is 9.84 Å². The summed E-state index contributed by atoms with van der Waals surface area (Å²) < 4.78 is 5.48. The molecule has 20 heavy (non-hydrogen) atoms. The molecule has 0 aromatic heterocycles. The molecule has 1 rings (SSSR count). The highest BCUT2D eigenvalue weighted by Gasteiger charge is 2.05. The second-order valence-corrected chi connectivity index (χ2v) is 5.57. The molecule has 0 spiro atoms. The second kappa shape index (κ2) is 10.7. The van der Waals surface area contributed by atoms with Gasteiger partial charge in [-0.1, -0.05) is 50.5 Å². The lowest BCUT2D eigenvalue weighted by Crippen LogP contribution is -1.97. The van der Waals surface area contributed by atoms with E-state index in [0.717, 1.165) is 38.0 Å². The number of unbranched alkanes of at least 4 members (excludes halogenated alkanes) is 4. The van der Waals surface area contributed by atoms with Crippen LogP contribution in [0.4, 0.5) is 0 Å². The Balaban J connectivity index is 1.94. The van der Waals surface area contributed by atoms with Crippen LogP contribution < -0.4 is 0 Å². The number of aliphatic hydroxyl groups excluding tert-OH is 1. The zero-order valence-corrected chi connectivity index (χ0v) is 13.0. The molecule has 0 radical (unpaired) electrons. The molecular formula is C18H30O2. The first-order valence-electron chi connectivity index (χ1n) is 8.05. The summed E-state index contributed by atoms with van der Waals surface area (Å²) in [5, 5.41) is 9.03. The van der Waals surface area contributed by atoms with Crippen LogP contribution in [-0.2, 0) is 4.74 Å². The zero-order chi connectivity index (χ0) is 14.6. The van der Waals surface area contributed by atoms with E-state index < -0.39 is 0 Å². The molecule has 0 fully saturated rings. The standard InChI is InChI=1S/C18H30O2/c1-3-16(2)20-14-8-6-4-5-7-9-17-10-12-18(15-19)13-11-17/h10,12,19H,2-9,11,13-15H2,1H3. The number of allylic oxidation sites excluding steroid dienone is 4. The quantitative estimate of drug-likeness (QED) is 0.430. The van der Waals surface area contributed by atoms with Gasteiger partial charge in [-0.3, -0.25) is 0 Å². The summed E-state index contributed by atoms with van der Waals surface area (Å²) in [6.07, 6.45) is 14.9. The highest BCUT2D eigenvalue weighted by Crippen LogP contribution is 2.22. The Hall–Kier alpha value is -1.02. The van der Waals surface area contributed by atoms with Crippen molar-refractivity contribution in [2.24, 2.45) is 0 Å². The van der Waals surface area contributed by atoms with E-state index >= 15 is 0 Å². The van der Waals surface area contributed by atoms with Crippen LogP contribution in [0.3, 0.4) is 0 Å². The van der Waals surface area contributed by atoms with Gasteiger partial charge in [-0.25, -0.2) is 0 Å². The summed E-state index contributed by atoms with van der Waals surface area (Å²) in [6.45, 7) is 6.95. The molecule has 0 atom stereocenters. The molecule has 2 heteroatoms. The molecule has 1 N–H and O–H groups in total. The molecule has 1 aliphatic rings. The van der Waals surface area contributed by atoms with Gasteiger partial charge in [-0.05, 0) is 37.7 Å². The largest absolute Gasteiger partial charge is 0.499 e. The number of rotatable bonds is 11. The lowest BCUT2D eigenvalue weighted by atomic mass is 9.95. The van der Waals surface area contributed by atoms with Gasteiger partial charge in [0.2, 0.25) is 0 Å². The Morgan fingerprint density at radius 2 is 1.75 bits per heavy atom. The average Bonchev–Trinajstić information content (AvgIpc) is 2.50. The Labute approximate surface area is 124 Å². The summed E-state index contributed by atoms with van der Waals surface area (Å²) in [5.41, 5.74) is 2.71. The fraction of sp³-hybridized carbons (Fsp3) is 0.667. The van der Waals surface area contributed by atoms with Crippen molar-refractivity contribution in [3.05, 3.63) is 35.6 Å². The molecule has 0 unspecified atom stereocenters. The molecule has 2 nitrogen and oxygen atoms in total. The maximum absolute atomic E-state index is 9.03. The monoisotopic (exact) mass is 278 g/mol. The van der Waals surface area contributed by atoms with Crippen LogP contribution in [0.15, 0.2) is 35.6 Å². The summed E-state index contributed by atoms with van der Waals surface area (Å²) in [6, 6.07) is 0. The second-order valence-electron chi connectivity index (χ2n) is 5.57. The number of aliphatic hydroxyl groups is 1. The van der Waals surface area contributed by atoms with E-state index in [-0.39, 0.29) is 6.61 Å². The average molecular weight is 278 g/mol. The van der Waals surface area contributed by atoms with E-state index in [1.54, 1.807) is 5.57 Å². The van der Waals surface area contributed by atoms with Crippen molar-refractivity contribution < 1.29 is 9.84 Å². The van der Waals surface area contributed by atoms with Crippen molar-refractivity contribution in [2.45, 2.75) is 64.7 Å². The first-order valence-corrected chi connectivity index (χ1v) is 8.05. The molecular weight excluding hydrogens is 248 g/mol. The maximum atomic E-state index is 9.03. The molecule has 114 valence electrons. The van der Waals surface area contributed by atoms with Gasteiger partial charge in [-0.2, -0.15) is 0 Å². The van der Waals surface area contributed by atoms with E-state index in [9.17, 15) is 0 Å². The SMILES string of the molecule is C=C(CC)OCCCCCCCC1=CC=C(CO)CC1. The van der Waals surface area contributed by atoms with Gasteiger partial charge in [0.05, 0.1) is 19.0 Å². The molecule has 0 bridgehead atoms. The Kier molecular flexibility index (Phi) is 9.14. The van der Waals surface area contributed by atoms with Crippen LogP contribution >= 0.6 is 0 Å². The minimum atomic E-state index is 0.219. The normalized spacial score (nSPS) is 14.7. The highest BCUT2D eigenvalue weighted by atomic mass is 16.5. The van der Waals surface area contributed by atoms with Crippen LogP contribution in [0.2, 0.25) is 0 Å². The van der Waals surface area contributed by atoms with Gasteiger partial charge in [0.1, 0.15) is 0 Å². The third-order valence-corrected chi connectivity index (χ3v) is 3.87. The molecule has 0 aromatic carbocycles. The molecule has 1 aliphatic carbocycles. The minimum Gasteiger partial charge on any atom is -0.499 e. The van der Waals surface area contributed by atoms with Gasteiger partial charge in [0, 0.05) is 6.42 Å². The van der Waals surface area contributed by atoms with E-state index in [4.69, 9.17) is 9.84 Å². The number of hydrogen-bond acceptors (Lipinski definition) is 2. The van der Waals surface area contributed by atoms with E-state index in [1.807, 2.05) is 0 Å². The third kappa shape index (κ3) is 7.54. The fourth-order valence-electron chi connectivity index (χ4n) is 2.37. The van der Waals surface area contributed by atoms with Gasteiger partial charge in [-0.15, -0.1) is 0 Å². The van der Waals surface area contributed by atoms with Crippen molar-refractivity contribution in [2.75, 3.05) is 13.2 Å². The first-order chi connectivity index (χ1) is 9.76. The summed E-state index contributed by atoms with van der Waals surface area (Å²) in [5.74, 6) is 0.907. The van der Waals surface area contributed by atoms with E-state index in [1.165, 1.54) is 37.7 Å². The van der Waals surface area contributed by atoms with Crippen LogP contribution in [0, 0.1) is 0 Å². The third-order valence-electron chi connectivity index (χ3n) is 3.87. The van der Waals surface area contributed by atoms with Crippen LogP contribution in [0.5, 0.6) is 0 Å². The van der Waals surface area contributed by atoms with Crippen LogP contribution in [0.1, 0.15) is 64.7 Å². The Morgan fingerprint density at radius 1 is 1.10 bits per heavy atom. The Bertz CT molecular complexity index is 339. The smallest absolute Gasteiger partial charge is 0.0885 e. The molecule has 0 aromatic rings. The predicted molar refractivity (Wildman–Crippen MR) is 85.6 cm³/mol. The van der Waals surface area contributed by atoms with Crippen molar-refractivity contribution >= 4 is 0 Å². The number of hydrogen-bond donors (Lipinski definition) is 1. The first kappa shape index (κ1) is 17.0. The molecule has 0 heterocycles. The zero-order valence-electron chi connectivity index (χ0n) is 13.0. The topological polar surface area (TPSA) is 29.5 Å². The molecule has 0 saturated carbocycles. The lowest BCUT2D eigenvalue weighted by Gasteiger charge is -2.13. The number of ether oxygens (including phenoxy) is 1. The predicted octanol–water partition coefficient (Wildman–Crippen LogP) is 4.91. The molecule has 0 aliphatic heterocycles. The van der Waals surface area contributed by atoms with Gasteiger partial charge in [0.15, 0.2) is 0 Å². The van der Waals surface area contributed by atoms with Crippen molar-refractivity contribution in [1.82, 2.24) is 0 Å².